The molecule has 1 fully saturated rings. The molecule has 1 spiro atoms. The van der Waals surface area contributed by atoms with Gasteiger partial charge in [0.2, 0.25) is 0 Å². The maximum Gasteiger partial charge on any atom is 0.340 e. The summed E-state index contributed by atoms with van der Waals surface area (Å²) < 4.78 is 13.0. The van der Waals surface area contributed by atoms with Crippen molar-refractivity contribution in [1.82, 2.24) is 0 Å². The molecular weight excluding hydrogens is 460 g/mol. The quantitative estimate of drug-likeness (QED) is 0.309. The molecule has 0 aromatic heterocycles. The Balaban J connectivity index is 1.43. The van der Waals surface area contributed by atoms with Gasteiger partial charge in [-0.2, -0.15) is 0 Å². The Morgan fingerprint density at radius 3 is 2.46 bits per heavy atom. The van der Waals surface area contributed by atoms with E-state index in [1.165, 1.54) is 18.4 Å². The molecule has 0 radical (unpaired) electrons. The lowest BCUT2D eigenvalue weighted by Crippen LogP contribution is -2.33. The van der Waals surface area contributed by atoms with Gasteiger partial charge in [-0.25, -0.2) is 4.79 Å². The fourth-order valence-electron chi connectivity index (χ4n) is 5.99. The molecule has 37 heavy (non-hydrogen) atoms. The Bertz CT molecular complexity index is 1570. The van der Waals surface area contributed by atoms with E-state index in [2.05, 4.69) is 72.6 Å². The number of rotatable bonds is 3. The number of aryl methyl sites for hydroxylation is 2. The third-order valence-electron chi connectivity index (χ3n) is 7.81. The smallest absolute Gasteiger partial charge is 0.340 e. The molecule has 1 unspecified atom stereocenters. The van der Waals surface area contributed by atoms with E-state index in [0.29, 0.717) is 11.3 Å². The molecule has 3 aliphatic heterocycles. The number of esters is 1. The van der Waals surface area contributed by atoms with Crippen molar-refractivity contribution in [1.29, 1.82) is 0 Å². The molecule has 4 aromatic rings. The number of anilines is 3. The third-order valence-corrected chi connectivity index (χ3v) is 7.81. The highest BCUT2D eigenvalue weighted by Gasteiger charge is 2.53. The predicted molar refractivity (Wildman–Crippen MR) is 145 cm³/mol. The molecule has 4 aromatic carbocycles. The zero-order chi connectivity index (χ0) is 25.1. The second kappa shape index (κ2) is 8.13. The summed E-state index contributed by atoms with van der Waals surface area (Å²) in [5.74, 6) is 1.13. The lowest BCUT2D eigenvalue weighted by molar-refractivity contribution is 0.0224. The van der Waals surface area contributed by atoms with Gasteiger partial charge in [-0.05, 0) is 80.3 Å². The number of hydrogen-bond acceptors (Lipinski definition) is 5. The molecule has 1 N–H and O–H groups in total. The van der Waals surface area contributed by atoms with Crippen LogP contribution >= 0.6 is 0 Å². The number of nitrogens with zero attached hydrogens (tertiary/aromatic N) is 1. The van der Waals surface area contributed by atoms with E-state index in [1.807, 2.05) is 30.3 Å². The van der Waals surface area contributed by atoms with Gasteiger partial charge >= 0.3 is 5.97 Å². The molecule has 1 atom stereocenters. The van der Waals surface area contributed by atoms with Crippen LogP contribution in [0, 0.1) is 13.8 Å². The lowest BCUT2D eigenvalue weighted by atomic mass is 9.77. The second-order valence-corrected chi connectivity index (χ2v) is 10.3. The Hall–Kier alpha value is -4.25. The molecular formula is C32H28N2O3. The van der Waals surface area contributed by atoms with Crippen molar-refractivity contribution in [2.75, 3.05) is 23.3 Å². The number of ether oxygens (including phenoxy) is 2. The van der Waals surface area contributed by atoms with Crippen LogP contribution in [0.15, 0.2) is 78.9 Å². The Morgan fingerprint density at radius 1 is 0.811 bits per heavy atom. The largest absolute Gasteiger partial charge is 0.456 e. The number of nitrogens with one attached hydrogen (secondary N) is 1. The van der Waals surface area contributed by atoms with Crippen LogP contribution in [0.3, 0.4) is 0 Å². The van der Waals surface area contributed by atoms with Gasteiger partial charge in [-0.3, -0.25) is 0 Å². The zero-order valence-corrected chi connectivity index (χ0v) is 21.0. The fraction of sp³-hybridized carbons (Fsp3) is 0.219. The van der Waals surface area contributed by atoms with Crippen LogP contribution < -0.4 is 15.0 Å². The Morgan fingerprint density at radius 2 is 1.62 bits per heavy atom. The molecule has 3 heterocycles. The van der Waals surface area contributed by atoms with Crippen molar-refractivity contribution in [2.24, 2.45) is 0 Å². The highest BCUT2D eigenvalue weighted by molar-refractivity contribution is 5.97. The molecule has 5 heteroatoms. The second-order valence-electron chi connectivity index (χ2n) is 10.3. The minimum atomic E-state index is -1.07. The minimum Gasteiger partial charge on any atom is -0.456 e. The lowest BCUT2D eigenvalue weighted by Gasteiger charge is -2.37. The van der Waals surface area contributed by atoms with E-state index in [0.717, 1.165) is 58.2 Å². The number of hydrogen-bond donors (Lipinski definition) is 1. The zero-order valence-electron chi connectivity index (χ0n) is 21.0. The van der Waals surface area contributed by atoms with Gasteiger partial charge in [0.15, 0.2) is 5.60 Å². The van der Waals surface area contributed by atoms with E-state index in [4.69, 9.17) is 9.47 Å². The molecule has 3 aliphatic rings. The summed E-state index contributed by atoms with van der Waals surface area (Å²) in [5.41, 5.74) is 7.38. The van der Waals surface area contributed by atoms with E-state index in [1.54, 1.807) is 0 Å². The maximum atomic E-state index is 13.2. The highest BCUT2D eigenvalue weighted by Crippen LogP contribution is 2.57. The summed E-state index contributed by atoms with van der Waals surface area (Å²) in [6.45, 7) is 6.24. The minimum absolute atomic E-state index is 0.313. The maximum absolute atomic E-state index is 13.2. The van der Waals surface area contributed by atoms with E-state index >= 15 is 0 Å². The third kappa shape index (κ3) is 3.34. The van der Waals surface area contributed by atoms with Gasteiger partial charge in [0, 0.05) is 52.9 Å². The van der Waals surface area contributed by atoms with E-state index in [9.17, 15) is 4.79 Å². The number of carbonyl (C=O) groups is 1. The predicted octanol–water partition coefficient (Wildman–Crippen LogP) is 7.22. The summed E-state index contributed by atoms with van der Waals surface area (Å²) in [6, 6.07) is 26.4. The van der Waals surface area contributed by atoms with Crippen molar-refractivity contribution < 1.29 is 14.3 Å². The summed E-state index contributed by atoms with van der Waals surface area (Å²) in [5, 5.41) is 3.57. The van der Waals surface area contributed by atoms with Crippen LogP contribution in [-0.2, 0) is 10.3 Å². The molecule has 1 saturated heterocycles. The number of benzene rings is 4. The first-order valence-electron chi connectivity index (χ1n) is 12.9. The van der Waals surface area contributed by atoms with Crippen molar-refractivity contribution in [3.8, 4) is 11.5 Å². The summed E-state index contributed by atoms with van der Waals surface area (Å²) >= 11 is 0. The molecule has 0 bridgehead atoms. The molecule has 0 aliphatic carbocycles. The van der Waals surface area contributed by atoms with Crippen molar-refractivity contribution in [3.63, 3.8) is 0 Å². The first-order valence-corrected chi connectivity index (χ1v) is 12.9. The standard InChI is InChI=1S/C32H28N2O3/c1-20-8-7-9-22(16-20)33-28-19-27-29(17-21(28)2)36-30-18-23(34-14-5-6-15-34)12-13-26(30)32(27)25-11-4-3-10-24(25)31(35)37-32/h3-4,7-13,16-19,33H,5-6,14-15H2,1-2H3. The summed E-state index contributed by atoms with van der Waals surface area (Å²) in [6.07, 6.45) is 2.40. The van der Waals surface area contributed by atoms with Gasteiger partial charge in [0.05, 0.1) is 5.56 Å². The fourth-order valence-corrected chi connectivity index (χ4v) is 5.99. The normalized spacial score (nSPS) is 19.2. The SMILES string of the molecule is Cc1cccc(Nc2cc3c(cc2C)Oc2cc(N4CCCC4)ccc2C32OC(=O)c3ccccc32)c1. The van der Waals surface area contributed by atoms with Crippen molar-refractivity contribution in [2.45, 2.75) is 32.3 Å². The van der Waals surface area contributed by atoms with Gasteiger partial charge in [-0.15, -0.1) is 0 Å². The topological polar surface area (TPSA) is 50.8 Å². The van der Waals surface area contributed by atoms with Crippen LogP contribution in [0.25, 0.3) is 0 Å². The van der Waals surface area contributed by atoms with Crippen LogP contribution in [0.1, 0.15) is 51.0 Å². The average molecular weight is 489 g/mol. The molecule has 0 saturated carbocycles. The monoisotopic (exact) mass is 488 g/mol. The molecule has 184 valence electrons. The van der Waals surface area contributed by atoms with Crippen LogP contribution in [0.2, 0.25) is 0 Å². The van der Waals surface area contributed by atoms with Crippen LogP contribution in [-0.4, -0.2) is 19.1 Å². The van der Waals surface area contributed by atoms with Crippen LogP contribution in [0.4, 0.5) is 17.1 Å². The Labute approximate surface area is 216 Å². The van der Waals surface area contributed by atoms with Gasteiger partial charge < -0.3 is 19.7 Å². The van der Waals surface area contributed by atoms with E-state index in [-0.39, 0.29) is 5.97 Å². The van der Waals surface area contributed by atoms with Crippen molar-refractivity contribution in [3.05, 3.63) is 112 Å². The first kappa shape index (κ1) is 22.0. The first-order chi connectivity index (χ1) is 18.0. The Kier molecular flexibility index (Phi) is 4.83. The van der Waals surface area contributed by atoms with Gasteiger partial charge in [-0.1, -0.05) is 30.3 Å². The average Bonchev–Trinajstić information content (AvgIpc) is 3.53. The van der Waals surface area contributed by atoms with Gasteiger partial charge in [0.1, 0.15) is 11.5 Å². The molecule has 0 amide bonds. The molecule has 5 nitrogen and oxygen atoms in total. The number of fused-ring (bicyclic) bond motifs is 6. The van der Waals surface area contributed by atoms with Crippen molar-refractivity contribution >= 4 is 23.0 Å². The van der Waals surface area contributed by atoms with Crippen LogP contribution in [0.5, 0.6) is 11.5 Å². The summed E-state index contributed by atoms with van der Waals surface area (Å²) in [7, 11) is 0. The highest BCUT2D eigenvalue weighted by atomic mass is 16.6. The molecule has 7 rings (SSSR count). The van der Waals surface area contributed by atoms with E-state index < -0.39 is 5.60 Å². The number of carbonyl (C=O) groups excluding carboxylic acids is 1. The van der Waals surface area contributed by atoms with Gasteiger partial charge in [0.25, 0.3) is 0 Å². The summed E-state index contributed by atoms with van der Waals surface area (Å²) in [4.78, 5) is 15.6.